The maximum Gasteiger partial charge on any atom is 0.238 e. The predicted octanol–water partition coefficient (Wildman–Crippen LogP) is 2.62. The number of fused-ring (bicyclic) bond motifs is 3. The first-order valence-corrected chi connectivity index (χ1v) is 13.4. The Morgan fingerprint density at radius 3 is 1.97 bits per heavy atom. The third-order valence-corrected chi connectivity index (χ3v) is 8.78. The number of hydrogen-bond acceptors (Lipinski definition) is 6. The van der Waals surface area contributed by atoms with Crippen molar-refractivity contribution in [2.24, 2.45) is 15.4 Å². The van der Waals surface area contributed by atoms with Crippen LogP contribution >= 0.6 is 0 Å². The molecular weight excluding hydrogens is 476 g/mol. The van der Waals surface area contributed by atoms with Gasteiger partial charge in [-0.25, -0.2) is 35.9 Å². The molecule has 2 aromatic rings. The molecule has 0 heterocycles. The maximum atomic E-state index is 13.9. The lowest BCUT2D eigenvalue weighted by atomic mass is 9.72. The second kappa shape index (κ2) is 7.29. The summed E-state index contributed by atoms with van der Waals surface area (Å²) in [6.45, 7) is 0. The van der Waals surface area contributed by atoms with Crippen LogP contribution in [0.4, 0.5) is 8.78 Å². The van der Waals surface area contributed by atoms with E-state index >= 15 is 0 Å². The Bertz CT molecular complexity index is 1430. The molecule has 0 bridgehead atoms. The van der Waals surface area contributed by atoms with Gasteiger partial charge >= 0.3 is 0 Å². The van der Waals surface area contributed by atoms with Crippen LogP contribution in [0, 0.1) is 0 Å². The van der Waals surface area contributed by atoms with Gasteiger partial charge < -0.3 is 5.21 Å². The van der Waals surface area contributed by atoms with Crippen LogP contribution in [0.2, 0.25) is 0 Å². The standard InChI is InChI=1S/C21H21F2N3O5S2/c22-11-3-9(4-11)15-8-16-14-2-1-13(32(24,28)29)7-17(14)20(26-27)19(16)18(10-5-12(23)6-10)21(15)33(25,30)31/h1-2,7-12,27H,3-6H2,(H2,24,28,29)(H2,25,30,31). The summed E-state index contributed by atoms with van der Waals surface area (Å²) in [5, 5.41) is 24.1. The predicted molar refractivity (Wildman–Crippen MR) is 116 cm³/mol. The van der Waals surface area contributed by atoms with Gasteiger partial charge in [0.25, 0.3) is 0 Å². The van der Waals surface area contributed by atoms with Gasteiger partial charge in [-0.15, -0.1) is 0 Å². The van der Waals surface area contributed by atoms with Crippen LogP contribution in [0.1, 0.15) is 59.8 Å². The molecule has 0 aliphatic heterocycles. The molecule has 12 heteroatoms. The number of rotatable bonds is 4. The first-order valence-electron chi connectivity index (χ1n) is 10.3. The summed E-state index contributed by atoms with van der Waals surface area (Å²) >= 11 is 0. The van der Waals surface area contributed by atoms with Crippen molar-refractivity contribution in [1.29, 1.82) is 0 Å². The molecule has 3 aliphatic rings. The highest BCUT2D eigenvalue weighted by molar-refractivity contribution is 7.89. The molecule has 2 fully saturated rings. The molecule has 0 unspecified atom stereocenters. The smallest absolute Gasteiger partial charge is 0.238 e. The number of halogens is 2. The summed E-state index contributed by atoms with van der Waals surface area (Å²) in [5.41, 5.74) is 2.05. The van der Waals surface area contributed by atoms with E-state index in [0.29, 0.717) is 16.7 Å². The van der Waals surface area contributed by atoms with E-state index in [1.165, 1.54) is 18.2 Å². The van der Waals surface area contributed by atoms with E-state index in [4.69, 9.17) is 10.3 Å². The Kier molecular flexibility index (Phi) is 4.95. The first-order chi connectivity index (χ1) is 15.4. The Morgan fingerprint density at radius 2 is 1.45 bits per heavy atom. The van der Waals surface area contributed by atoms with Gasteiger partial charge in [0.1, 0.15) is 18.1 Å². The maximum absolute atomic E-state index is 13.9. The highest BCUT2D eigenvalue weighted by Crippen LogP contribution is 2.53. The molecule has 2 saturated carbocycles. The topological polar surface area (TPSA) is 153 Å². The monoisotopic (exact) mass is 497 g/mol. The third-order valence-electron chi connectivity index (χ3n) is 6.84. The molecule has 0 amide bonds. The zero-order valence-corrected chi connectivity index (χ0v) is 18.8. The summed E-state index contributed by atoms with van der Waals surface area (Å²) < 4.78 is 76.9. The fourth-order valence-electron chi connectivity index (χ4n) is 5.14. The number of nitrogens with zero attached hydrogens (tertiary/aromatic N) is 1. The second-order valence-electron chi connectivity index (χ2n) is 8.91. The lowest BCUT2D eigenvalue weighted by Crippen LogP contribution is -2.31. The first kappa shape index (κ1) is 22.4. The number of benzene rings is 2. The van der Waals surface area contributed by atoms with Crippen molar-refractivity contribution >= 4 is 25.8 Å². The van der Waals surface area contributed by atoms with Crippen molar-refractivity contribution in [3.05, 3.63) is 46.5 Å². The van der Waals surface area contributed by atoms with Crippen LogP contribution in [0.3, 0.4) is 0 Å². The molecule has 0 spiro atoms. The van der Waals surface area contributed by atoms with Crippen molar-refractivity contribution in [2.45, 2.75) is 59.7 Å². The van der Waals surface area contributed by atoms with E-state index in [-0.39, 0.29) is 63.8 Å². The zero-order valence-electron chi connectivity index (χ0n) is 17.2. The number of alkyl halides is 2. The highest BCUT2D eigenvalue weighted by Gasteiger charge is 2.44. The number of nitrogens with two attached hydrogens (primary N) is 2. The van der Waals surface area contributed by atoms with E-state index in [2.05, 4.69) is 5.16 Å². The molecule has 33 heavy (non-hydrogen) atoms. The number of sulfonamides is 2. The second-order valence-corrected chi connectivity index (χ2v) is 12.0. The van der Waals surface area contributed by atoms with Crippen LogP contribution in [0.25, 0.3) is 11.1 Å². The Hall–Kier alpha value is -2.41. The van der Waals surface area contributed by atoms with Gasteiger partial charge in [-0.2, -0.15) is 0 Å². The Morgan fingerprint density at radius 1 is 0.848 bits per heavy atom. The fraction of sp³-hybridized carbons (Fsp3) is 0.381. The lowest BCUT2D eigenvalue weighted by Gasteiger charge is -2.36. The van der Waals surface area contributed by atoms with Crippen LogP contribution in [0.15, 0.2) is 39.2 Å². The number of hydrogen-bond donors (Lipinski definition) is 3. The quantitative estimate of drug-likeness (QED) is 0.374. The summed E-state index contributed by atoms with van der Waals surface area (Å²) in [4.78, 5) is -0.397. The van der Waals surface area contributed by atoms with E-state index in [0.717, 1.165) is 0 Å². The summed E-state index contributed by atoms with van der Waals surface area (Å²) in [6, 6.07) is 5.63. The van der Waals surface area contributed by atoms with E-state index < -0.39 is 38.3 Å². The normalized spacial score (nSPS) is 27.6. The third kappa shape index (κ3) is 3.47. The van der Waals surface area contributed by atoms with Crippen molar-refractivity contribution in [3.63, 3.8) is 0 Å². The van der Waals surface area contributed by atoms with Gasteiger partial charge in [0, 0.05) is 11.1 Å². The highest BCUT2D eigenvalue weighted by atomic mass is 32.2. The van der Waals surface area contributed by atoms with E-state index in [9.17, 15) is 30.8 Å². The number of oxime groups is 1. The Balaban J connectivity index is 1.85. The fourth-order valence-corrected chi connectivity index (χ4v) is 6.81. The minimum absolute atomic E-state index is 0.0452. The van der Waals surface area contributed by atoms with Gasteiger partial charge in [-0.3, -0.25) is 0 Å². The molecule has 0 aromatic heterocycles. The van der Waals surface area contributed by atoms with Gasteiger partial charge in [0.15, 0.2) is 0 Å². The molecule has 8 nitrogen and oxygen atoms in total. The molecule has 176 valence electrons. The van der Waals surface area contributed by atoms with Crippen LogP contribution in [-0.2, 0) is 20.0 Å². The molecule has 0 atom stereocenters. The van der Waals surface area contributed by atoms with Crippen molar-refractivity contribution < 1.29 is 30.8 Å². The van der Waals surface area contributed by atoms with Crippen molar-refractivity contribution in [2.75, 3.05) is 0 Å². The molecule has 0 saturated heterocycles. The Labute approximate surface area is 189 Å². The van der Waals surface area contributed by atoms with Crippen LogP contribution in [-0.4, -0.2) is 40.1 Å². The van der Waals surface area contributed by atoms with Crippen LogP contribution in [0.5, 0.6) is 0 Å². The minimum atomic E-state index is -4.31. The van der Waals surface area contributed by atoms with Crippen LogP contribution < -0.4 is 10.3 Å². The van der Waals surface area contributed by atoms with Crippen molar-refractivity contribution in [3.8, 4) is 11.1 Å². The number of primary sulfonamides is 2. The summed E-state index contributed by atoms with van der Waals surface area (Å²) in [7, 11) is -8.38. The lowest BCUT2D eigenvalue weighted by molar-refractivity contribution is 0.172. The van der Waals surface area contributed by atoms with E-state index in [1.54, 1.807) is 6.07 Å². The molecule has 5 N–H and O–H groups in total. The van der Waals surface area contributed by atoms with Gasteiger partial charge in [-0.1, -0.05) is 11.2 Å². The zero-order chi connectivity index (χ0) is 23.9. The molecule has 0 radical (unpaired) electrons. The SMILES string of the molecule is NS(=O)(=O)c1ccc2c(c1)C(=NO)c1c-2cc(C2CC(F)C2)c(S(N)(=O)=O)c1C1CC(F)C1. The average Bonchev–Trinajstić information content (AvgIpc) is 2.99. The largest absolute Gasteiger partial charge is 0.410 e. The molecule has 5 rings (SSSR count). The summed E-state index contributed by atoms with van der Waals surface area (Å²) in [6.07, 6.45) is -1.78. The van der Waals surface area contributed by atoms with E-state index in [1.807, 2.05) is 0 Å². The minimum Gasteiger partial charge on any atom is -0.410 e. The molecule has 3 aliphatic carbocycles. The van der Waals surface area contributed by atoms with Gasteiger partial charge in [-0.05, 0) is 78.0 Å². The van der Waals surface area contributed by atoms with Crippen molar-refractivity contribution in [1.82, 2.24) is 0 Å². The van der Waals surface area contributed by atoms with Gasteiger partial charge in [0.2, 0.25) is 20.0 Å². The van der Waals surface area contributed by atoms with Gasteiger partial charge in [0.05, 0.1) is 9.79 Å². The molecule has 2 aromatic carbocycles. The summed E-state index contributed by atoms with van der Waals surface area (Å²) in [5.74, 6) is -0.895. The average molecular weight is 498 g/mol. The molecular formula is C21H21F2N3O5S2.